The van der Waals surface area contributed by atoms with Gasteiger partial charge in [0.05, 0.1) is 0 Å². The summed E-state index contributed by atoms with van der Waals surface area (Å²) in [7, 11) is 1.75. The van der Waals surface area contributed by atoms with Gasteiger partial charge < -0.3 is 15.1 Å². The molecule has 0 aliphatic carbocycles. The maximum Gasteiger partial charge on any atom is 0.253 e. The van der Waals surface area contributed by atoms with E-state index in [1.807, 2.05) is 18.2 Å². The monoisotopic (exact) mass is 440 g/mol. The molecule has 0 bridgehead atoms. The minimum atomic E-state index is -0.143. The lowest BCUT2D eigenvalue weighted by Crippen LogP contribution is -2.29. The van der Waals surface area contributed by atoms with Crippen molar-refractivity contribution in [3.63, 3.8) is 0 Å². The molecule has 4 aromatic heterocycles. The fraction of sp³-hybridized carbons (Fsp3) is 0.158. The number of amides is 1. The van der Waals surface area contributed by atoms with Crippen LogP contribution in [0.5, 0.6) is 0 Å². The third-order valence-electron chi connectivity index (χ3n) is 4.28. The first-order valence-electron chi connectivity index (χ1n) is 8.58. The van der Waals surface area contributed by atoms with Crippen molar-refractivity contribution in [3.8, 4) is 11.6 Å². The van der Waals surface area contributed by atoms with Gasteiger partial charge in [0.1, 0.15) is 5.82 Å². The minimum absolute atomic E-state index is 0.143. The number of furan rings is 1. The maximum absolute atomic E-state index is 12.8. The second kappa shape index (κ2) is 7.43. The summed E-state index contributed by atoms with van der Waals surface area (Å²) in [4.78, 5) is 23.2. The lowest BCUT2D eigenvalue weighted by atomic mass is 10.2. The summed E-state index contributed by atoms with van der Waals surface area (Å²) in [6, 6.07) is 12.5. The number of hydrogen-bond donors (Lipinski definition) is 1. The smallest absolute Gasteiger partial charge is 0.253 e. The molecule has 1 amide bonds. The summed E-state index contributed by atoms with van der Waals surface area (Å²) in [6.45, 7) is 0.541. The zero-order chi connectivity index (χ0) is 19.7. The molecule has 0 atom stereocenters. The largest absolute Gasteiger partial charge is 0.446 e. The second-order valence-electron chi connectivity index (χ2n) is 6.28. The van der Waals surface area contributed by atoms with E-state index in [0.717, 1.165) is 5.69 Å². The van der Waals surface area contributed by atoms with Gasteiger partial charge in [-0.3, -0.25) is 9.78 Å². The molecule has 0 fully saturated rings. The highest BCUT2D eigenvalue weighted by atomic mass is 79.9. The van der Waals surface area contributed by atoms with Gasteiger partial charge in [0, 0.05) is 37.5 Å². The van der Waals surface area contributed by atoms with E-state index in [0.29, 0.717) is 46.2 Å². The molecule has 0 aliphatic rings. The predicted molar refractivity (Wildman–Crippen MR) is 108 cm³/mol. The highest BCUT2D eigenvalue weighted by molar-refractivity contribution is 9.10. The number of hydrogen-bond acceptors (Lipinski definition) is 6. The quantitative estimate of drug-likeness (QED) is 0.511. The zero-order valence-corrected chi connectivity index (χ0v) is 16.6. The van der Waals surface area contributed by atoms with Crippen LogP contribution < -0.4 is 5.73 Å². The Morgan fingerprint density at radius 1 is 1.29 bits per heavy atom. The Kier molecular flexibility index (Phi) is 4.82. The highest BCUT2D eigenvalue weighted by Gasteiger charge is 2.17. The molecule has 0 unspecified atom stereocenters. The molecule has 142 valence electrons. The number of carbonyl (C=O) groups is 1. The number of aromatic nitrogens is 4. The van der Waals surface area contributed by atoms with Gasteiger partial charge in [0.15, 0.2) is 16.1 Å². The van der Waals surface area contributed by atoms with Crippen LogP contribution in [0.4, 0.5) is 5.82 Å². The summed E-state index contributed by atoms with van der Waals surface area (Å²) in [5.74, 6) is 1.08. The van der Waals surface area contributed by atoms with Gasteiger partial charge in [0.2, 0.25) is 5.82 Å². The SMILES string of the molecule is CN(CCc1ccccn1)C(=O)c1cc(N)n2nc(-c3ccc(Br)o3)nc2c1. The molecule has 4 heterocycles. The molecule has 0 saturated heterocycles. The van der Waals surface area contributed by atoms with Crippen molar-refractivity contribution in [1.82, 2.24) is 24.5 Å². The Morgan fingerprint density at radius 3 is 2.86 bits per heavy atom. The molecular weight excluding hydrogens is 424 g/mol. The number of rotatable bonds is 5. The molecule has 0 spiro atoms. The summed E-state index contributed by atoms with van der Waals surface area (Å²) >= 11 is 3.26. The Bertz CT molecular complexity index is 1140. The number of likely N-dealkylation sites (N-methyl/N-ethyl adjacent to an activating group) is 1. The number of anilines is 1. The Morgan fingerprint density at radius 2 is 2.14 bits per heavy atom. The van der Waals surface area contributed by atoms with Crippen molar-refractivity contribution >= 4 is 33.3 Å². The zero-order valence-electron chi connectivity index (χ0n) is 15.0. The van der Waals surface area contributed by atoms with E-state index in [1.165, 1.54) is 4.52 Å². The first-order valence-corrected chi connectivity index (χ1v) is 9.38. The van der Waals surface area contributed by atoms with Gasteiger partial charge in [-0.15, -0.1) is 5.10 Å². The van der Waals surface area contributed by atoms with Crippen LogP contribution in [0.25, 0.3) is 17.2 Å². The van der Waals surface area contributed by atoms with E-state index < -0.39 is 0 Å². The van der Waals surface area contributed by atoms with Crippen LogP contribution >= 0.6 is 15.9 Å². The number of pyridine rings is 2. The molecule has 9 heteroatoms. The number of carbonyl (C=O) groups excluding carboxylic acids is 1. The van der Waals surface area contributed by atoms with Crippen LogP contribution in [0.2, 0.25) is 0 Å². The van der Waals surface area contributed by atoms with Gasteiger partial charge in [-0.1, -0.05) is 6.07 Å². The third kappa shape index (κ3) is 3.61. The van der Waals surface area contributed by atoms with Crippen molar-refractivity contribution in [3.05, 3.63) is 64.6 Å². The van der Waals surface area contributed by atoms with Gasteiger partial charge in [-0.2, -0.15) is 4.52 Å². The van der Waals surface area contributed by atoms with E-state index in [-0.39, 0.29) is 5.91 Å². The first kappa shape index (κ1) is 18.2. The number of nitrogens with zero attached hydrogens (tertiary/aromatic N) is 5. The van der Waals surface area contributed by atoms with Crippen molar-refractivity contribution in [2.45, 2.75) is 6.42 Å². The Hall–Kier alpha value is -3.20. The number of nitrogens with two attached hydrogens (primary N) is 1. The van der Waals surface area contributed by atoms with E-state index >= 15 is 0 Å². The summed E-state index contributed by atoms with van der Waals surface area (Å²) in [5.41, 5.74) is 7.96. The molecule has 4 rings (SSSR count). The van der Waals surface area contributed by atoms with Crippen LogP contribution in [0, 0.1) is 0 Å². The molecule has 0 aliphatic heterocycles. The van der Waals surface area contributed by atoms with Gasteiger partial charge >= 0.3 is 0 Å². The summed E-state index contributed by atoms with van der Waals surface area (Å²) < 4.78 is 7.55. The molecule has 8 nitrogen and oxygen atoms in total. The van der Waals surface area contributed by atoms with Crippen LogP contribution in [-0.4, -0.2) is 44.0 Å². The highest BCUT2D eigenvalue weighted by Crippen LogP contribution is 2.24. The average Bonchev–Trinajstić information content (AvgIpc) is 3.32. The fourth-order valence-electron chi connectivity index (χ4n) is 2.82. The van der Waals surface area contributed by atoms with Gasteiger partial charge in [-0.25, -0.2) is 4.98 Å². The topological polar surface area (TPSA) is 103 Å². The average molecular weight is 441 g/mol. The number of nitrogen functional groups attached to an aromatic ring is 1. The third-order valence-corrected chi connectivity index (χ3v) is 4.71. The summed E-state index contributed by atoms with van der Waals surface area (Å²) in [6.07, 6.45) is 2.41. The lowest BCUT2D eigenvalue weighted by Gasteiger charge is -2.17. The maximum atomic E-state index is 12.8. The van der Waals surface area contributed by atoms with E-state index in [1.54, 1.807) is 42.4 Å². The van der Waals surface area contributed by atoms with E-state index in [4.69, 9.17) is 10.2 Å². The van der Waals surface area contributed by atoms with E-state index in [9.17, 15) is 4.79 Å². The normalized spacial score (nSPS) is 11.1. The molecule has 4 aromatic rings. The van der Waals surface area contributed by atoms with Crippen molar-refractivity contribution < 1.29 is 9.21 Å². The predicted octanol–water partition coefficient (Wildman–Crippen LogP) is 3.04. The van der Waals surface area contributed by atoms with Crippen molar-refractivity contribution in [1.29, 1.82) is 0 Å². The minimum Gasteiger partial charge on any atom is -0.446 e. The molecular formula is C19H17BrN6O2. The molecule has 0 saturated carbocycles. The van der Waals surface area contributed by atoms with Crippen molar-refractivity contribution in [2.75, 3.05) is 19.3 Å². The Balaban J connectivity index is 1.56. The molecule has 2 N–H and O–H groups in total. The first-order chi connectivity index (χ1) is 13.5. The van der Waals surface area contributed by atoms with Crippen molar-refractivity contribution in [2.24, 2.45) is 0 Å². The standard InChI is InChI=1S/C19H17BrN6O2/c1-25(9-7-13-4-2-3-8-22-13)19(27)12-10-16(21)26-17(11-12)23-18(24-26)14-5-6-15(20)28-14/h2-6,8,10-11H,7,9,21H2,1H3. The van der Waals surface area contributed by atoms with Crippen LogP contribution in [0.1, 0.15) is 16.1 Å². The van der Waals surface area contributed by atoms with Crippen LogP contribution in [0.3, 0.4) is 0 Å². The number of halogens is 1. The molecule has 0 aromatic carbocycles. The van der Waals surface area contributed by atoms with Gasteiger partial charge in [-0.05, 0) is 52.3 Å². The second-order valence-corrected chi connectivity index (χ2v) is 7.06. The van der Waals surface area contributed by atoms with Crippen LogP contribution in [-0.2, 0) is 6.42 Å². The van der Waals surface area contributed by atoms with E-state index in [2.05, 4.69) is 31.0 Å². The lowest BCUT2D eigenvalue weighted by molar-refractivity contribution is 0.0796. The van der Waals surface area contributed by atoms with Gasteiger partial charge in [0.25, 0.3) is 5.91 Å². The fourth-order valence-corrected chi connectivity index (χ4v) is 3.13. The summed E-state index contributed by atoms with van der Waals surface area (Å²) in [5, 5.41) is 4.35. The molecule has 0 radical (unpaired) electrons. The number of fused-ring (bicyclic) bond motifs is 1. The van der Waals surface area contributed by atoms with Crippen LogP contribution in [0.15, 0.2) is 57.7 Å². The molecule has 28 heavy (non-hydrogen) atoms. The Labute approximate surface area is 169 Å².